The van der Waals surface area contributed by atoms with Crippen molar-refractivity contribution in [2.24, 2.45) is 0 Å². The van der Waals surface area contributed by atoms with Crippen molar-refractivity contribution >= 4 is 23.5 Å². The second kappa shape index (κ2) is 8.66. The van der Waals surface area contributed by atoms with Gasteiger partial charge in [-0.3, -0.25) is 14.4 Å². The van der Waals surface area contributed by atoms with Gasteiger partial charge >= 0.3 is 11.9 Å². The molecule has 0 saturated carbocycles. The van der Waals surface area contributed by atoms with Gasteiger partial charge in [0.25, 0.3) is 5.91 Å². The van der Waals surface area contributed by atoms with E-state index in [1.807, 2.05) is 6.92 Å². The number of anilines is 1. The number of esters is 2. The molecule has 0 fully saturated rings. The highest BCUT2D eigenvalue weighted by molar-refractivity contribution is 6.07. The van der Waals surface area contributed by atoms with Crippen LogP contribution in [0.15, 0.2) is 42.5 Å². The van der Waals surface area contributed by atoms with E-state index in [-0.39, 0.29) is 17.1 Å². The van der Waals surface area contributed by atoms with Gasteiger partial charge in [0.05, 0.1) is 12.2 Å². The van der Waals surface area contributed by atoms with Crippen LogP contribution in [-0.2, 0) is 9.59 Å². The lowest BCUT2D eigenvalue weighted by atomic mass is 10.1. The molecule has 2 aromatic rings. The van der Waals surface area contributed by atoms with Crippen molar-refractivity contribution in [2.75, 3.05) is 11.9 Å². The van der Waals surface area contributed by atoms with Gasteiger partial charge in [-0.15, -0.1) is 0 Å². The third kappa shape index (κ3) is 5.34. The highest BCUT2D eigenvalue weighted by atomic mass is 16.5. The topological polar surface area (TPSA) is 90.9 Å². The van der Waals surface area contributed by atoms with E-state index in [4.69, 9.17) is 14.2 Å². The van der Waals surface area contributed by atoms with E-state index in [0.717, 1.165) is 0 Å². The standard InChI is InChI=1S/C19H19NO6/c1-4-24-15-7-5-14(6-8-15)20-19(23)17-11-16(25-12(2)21)9-10-18(17)26-13(3)22/h5-11H,4H2,1-3H3,(H,20,23). The van der Waals surface area contributed by atoms with Gasteiger partial charge in [0, 0.05) is 19.5 Å². The largest absolute Gasteiger partial charge is 0.494 e. The maximum Gasteiger partial charge on any atom is 0.308 e. The Bertz CT molecular complexity index is 813. The summed E-state index contributed by atoms with van der Waals surface area (Å²) in [7, 11) is 0. The minimum absolute atomic E-state index is 0.0628. The lowest BCUT2D eigenvalue weighted by Crippen LogP contribution is -2.15. The Hall–Kier alpha value is -3.35. The molecular formula is C19H19NO6. The van der Waals surface area contributed by atoms with Gasteiger partial charge in [-0.1, -0.05) is 0 Å². The lowest BCUT2D eigenvalue weighted by molar-refractivity contribution is -0.133. The number of ether oxygens (including phenoxy) is 3. The average molecular weight is 357 g/mol. The summed E-state index contributed by atoms with van der Waals surface area (Å²) < 4.78 is 15.4. The normalized spacial score (nSPS) is 9.96. The van der Waals surface area contributed by atoms with Crippen LogP contribution in [-0.4, -0.2) is 24.5 Å². The van der Waals surface area contributed by atoms with E-state index in [1.54, 1.807) is 24.3 Å². The van der Waals surface area contributed by atoms with E-state index in [0.29, 0.717) is 18.0 Å². The Morgan fingerprint density at radius 3 is 2.08 bits per heavy atom. The van der Waals surface area contributed by atoms with Crippen molar-refractivity contribution in [1.82, 2.24) is 0 Å². The van der Waals surface area contributed by atoms with Gasteiger partial charge in [-0.05, 0) is 49.4 Å². The highest BCUT2D eigenvalue weighted by Gasteiger charge is 2.17. The summed E-state index contributed by atoms with van der Waals surface area (Å²) in [5.74, 6) is -0.687. The molecule has 1 amide bonds. The molecule has 2 rings (SSSR count). The number of benzene rings is 2. The van der Waals surface area contributed by atoms with Crippen LogP contribution in [0.4, 0.5) is 5.69 Å². The molecule has 0 aliphatic rings. The molecule has 0 aromatic heterocycles. The van der Waals surface area contributed by atoms with E-state index >= 15 is 0 Å². The molecule has 0 heterocycles. The first-order valence-electron chi connectivity index (χ1n) is 7.94. The zero-order chi connectivity index (χ0) is 19.1. The van der Waals surface area contributed by atoms with Crippen LogP contribution in [0.5, 0.6) is 17.2 Å². The van der Waals surface area contributed by atoms with Crippen molar-refractivity contribution in [2.45, 2.75) is 20.8 Å². The summed E-state index contributed by atoms with van der Waals surface area (Å²) in [5.41, 5.74) is 0.595. The van der Waals surface area contributed by atoms with Gasteiger partial charge in [-0.25, -0.2) is 0 Å². The van der Waals surface area contributed by atoms with Crippen LogP contribution in [0.25, 0.3) is 0 Å². The second-order valence-corrected chi connectivity index (χ2v) is 5.26. The number of carbonyl (C=O) groups is 3. The molecule has 0 unspecified atom stereocenters. The molecule has 26 heavy (non-hydrogen) atoms. The smallest absolute Gasteiger partial charge is 0.308 e. The molecule has 7 nitrogen and oxygen atoms in total. The molecule has 0 aliphatic carbocycles. The number of nitrogens with one attached hydrogen (secondary N) is 1. The molecular weight excluding hydrogens is 338 g/mol. The number of carbonyl (C=O) groups excluding carboxylic acids is 3. The number of hydrogen-bond acceptors (Lipinski definition) is 6. The van der Waals surface area contributed by atoms with Crippen molar-refractivity contribution in [1.29, 1.82) is 0 Å². The highest BCUT2D eigenvalue weighted by Crippen LogP contribution is 2.26. The molecule has 2 aromatic carbocycles. The van der Waals surface area contributed by atoms with Crippen molar-refractivity contribution in [3.63, 3.8) is 0 Å². The fraction of sp³-hybridized carbons (Fsp3) is 0.211. The fourth-order valence-electron chi connectivity index (χ4n) is 2.16. The SMILES string of the molecule is CCOc1ccc(NC(=O)c2cc(OC(C)=O)ccc2OC(C)=O)cc1. The summed E-state index contributed by atoms with van der Waals surface area (Å²) in [4.78, 5) is 35.0. The molecule has 0 spiro atoms. The molecule has 0 radical (unpaired) electrons. The maximum atomic E-state index is 12.6. The Kier molecular flexibility index (Phi) is 6.32. The van der Waals surface area contributed by atoms with Gasteiger partial charge in [0.1, 0.15) is 17.2 Å². The summed E-state index contributed by atoms with van der Waals surface area (Å²) in [6.07, 6.45) is 0. The molecule has 0 aliphatic heterocycles. The summed E-state index contributed by atoms with van der Waals surface area (Å²) in [5, 5.41) is 2.70. The third-order valence-corrected chi connectivity index (χ3v) is 3.13. The molecule has 1 N–H and O–H groups in total. The summed E-state index contributed by atoms with van der Waals surface area (Å²) >= 11 is 0. The Morgan fingerprint density at radius 2 is 1.50 bits per heavy atom. The molecule has 7 heteroatoms. The third-order valence-electron chi connectivity index (χ3n) is 3.13. The predicted molar refractivity (Wildman–Crippen MR) is 94.6 cm³/mol. The second-order valence-electron chi connectivity index (χ2n) is 5.26. The molecule has 0 bridgehead atoms. The number of rotatable bonds is 6. The lowest BCUT2D eigenvalue weighted by Gasteiger charge is -2.12. The first kappa shape index (κ1) is 19.0. The van der Waals surface area contributed by atoms with E-state index in [1.165, 1.54) is 32.0 Å². The average Bonchev–Trinajstić information content (AvgIpc) is 2.57. The monoisotopic (exact) mass is 357 g/mol. The van der Waals surface area contributed by atoms with Crippen LogP contribution < -0.4 is 19.5 Å². The summed E-state index contributed by atoms with van der Waals surface area (Å²) in [6, 6.07) is 11.0. The quantitative estimate of drug-likeness (QED) is 0.631. The predicted octanol–water partition coefficient (Wildman–Crippen LogP) is 3.19. The Labute approximate surface area is 150 Å². The van der Waals surface area contributed by atoms with Crippen molar-refractivity contribution in [3.8, 4) is 17.2 Å². The minimum atomic E-state index is -0.569. The fourth-order valence-corrected chi connectivity index (χ4v) is 2.16. The van der Waals surface area contributed by atoms with Crippen LogP contribution in [0.2, 0.25) is 0 Å². The number of amides is 1. The van der Waals surface area contributed by atoms with Gasteiger partial charge < -0.3 is 19.5 Å². The van der Waals surface area contributed by atoms with Gasteiger partial charge in [0.15, 0.2) is 0 Å². The zero-order valence-corrected chi connectivity index (χ0v) is 14.7. The minimum Gasteiger partial charge on any atom is -0.494 e. The van der Waals surface area contributed by atoms with Crippen molar-refractivity contribution in [3.05, 3.63) is 48.0 Å². The van der Waals surface area contributed by atoms with Crippen LogP contribution in [0, 0.1) is 0 Å². The van der Waals surface area contributed by atoms with Gasteiger partial charge in [0.2, 0.25) is 0 Å². The number of hydrogen-bond donors (Lipinski definition) is 1. The van der Waals surface area contributed by atoms with E-state index in [2.05, 4.69) is 5.32 Å². The Balaban J connectivity index is 2.26. The Morgan fingerprint density at radius 1 is 0.885 bits per heavy atom. The maximum absolute atomic E-state index is 12.6. The van der Waals surface area contributed by atoms with Crippen LogP contribution in [0.3, 0.4) is 0 Å². The van der Waals surface area contributed by atoms with Gasteiger partial charge in [-0.2, -0.15) is 0 Å². The summed E-state index contributed by atoms with van der Waals surface area (Å²) in [6.45, 7) is 4.90. The first-order valence-corrected chi connectivity index (χ1v) is 7.94. The molecule has 0 saturated heterocycles. The van der Waals surface area contributed by atoms with Crippen LogP contribution in [0.1, 0.15) is 31.1 Å². The van der Waals surface area contributed by atoms with E-state index in [9.17, 15) is 14.4 Å². The van der Waals surface area contributed by atoms with E-state index < -0.39 is 17.8 Å². The molecule has 0 atom stereocenters. The zero-order valence-electron chi connectivity index (χ0n) is 14.7. The molecule has 136 valence electrons. The van der Waals surface area contributed by atoms with Crippen molar-refractivity contribution < 1.29 is 28.6 Å². The first-order chi connectivity index (χ1) is 12.4. The van der Waals surface area contributed by atoms with Crippen LogP contribution >= 0.6 is 0 Å².